The number of piperidine rings is 1. The number of rotatable bonds is 3. The van der Waals surface area contributed by atoms with E-state index in [1.54, 1.807) is 0 Å². The highest BCUT2D eigenvalue weighted by atomic mass is 16.2. The summed E-state index contributed by atoms with van der Waals surface area (Å²) < 4.78 is 0. The number of amides is 1. The summed E-state index contributed by atoms with van der Waals surface area (Å²) in [7, 11) is 1.98. The fourth-order valence-corrected chi connectivity index (χ4v) is 3.33. The Morgan fingerprint density at radius 2 is 1.53 bits per heavy atom. The van der Waals surface area contributed by atoms with Gasteiger partial charge in [-0.25, -0.2) is 0 Å². The summed E-state index contributed by atoms with van der Waals surface area (Å²) in [5, 5.41) is 3.67. The summed E-state index contributed by atoms with van der Waals surface area (Å²) in [6.07, 6.45) is 2.03. The molecule has 0 aliphatic carbocycles. The van der Waals surface area contributed by atoms with E-state index in [1.165, 1.54) is 0 Å². The molecule has 0 unspecified atom stereocenters. The van der Waals surface area contributed by atoms with Crippen molar-refractivity contribution in [2.75, 3.05) is 7.05 Å². The van der Waals surface area contributed by atoms with Crippen LogP contribution < -0.4 is 5.32 Å². The van der Waals surface area contributed by atoms with Crippen LogP contribution in [-0.4, -0.2) is 35.0 Å². The van der Waals surface area contributed by atoms with Crippen LogP contribution in [0.3, 0.4) is 0 Å². The molecule has 1 amide bonds. The third-order valence-electron chi connectivity index (χ3n) is 4.45. The molecule has 0 aromatic heterocycles. The highest BCUT2D eigenvalue weighted by Crippen LogP contribution is 2.32. The summed E-state index contributed by atoms with van der Waals surface area (Å²) in [6.45, 7) is 15.2. The highest BCUT2D eigenvalue weighted by Gasteiger charge is 2.40. The van der Waals surface area contributed by atoms with Gasteiger partial charge >= 0.3 is 0 Å². The average molecular weight is 268 g/mol. The van der Waals surface area contributed by atoms with E-state index in [9.17, 15) is 4.79 Å². The van der Waals surface area contributed by atoms with E-state index in [2.05, 4.69) is 46.9 Å². The minimum absolute atomic E-state index is 0.0853. The number of hydrogen-bond donors (Lipinski definition) is 1. The topological polar surface area (TPSA) is 32.3 Å². The third-order valence-corrected chi connectivity index (χ3v) is 4.45. The SMILES string of the molecule is CC(C)[C@H](C)C(=O)N(C)C1CC(C)(C)NC(C)(C)C1. The van der Waals surface area contributed by atoms with Gasteiger partial charge < -0.3 is 10.2 Å². The van der Waals surface area contributed by atoms with Crippen molar-refractivity contribution in [3.05, 3.63) is 0 Å². The molecule has 3 nitrogen and oxygen atoms in total. The standard InChI is InChI=1S/C16H32N2O/c1-11(2)12(3)14(19)18(8)13-9-15(4,5)17-16(6,7)10-13/h11-13,17H,9-10H2,1-8H3/t12-/m0/s1. The third kappa shape index (κ3) is 4.20. The molecule has 0 saturated carbocycles. The summed E-state index contributed by atoms with van der Waals surface area (Å²) in [5.74, 6) is 0.789. The lowest BCUT2D eigenvalue weighted by molar-refractivity contribution is -0.138. The van der Waals surface area contributed by atoms with Crippen LogP contribution in [0.15, 0.2) is 0 Å². The van der Waals surface area contributed by atoms with Gasteiger partial charge in [-0.2, -0.15) is 0 Å². The summed E-state index contributed by atoms with van der Waals surface area (Å²) >= 11 is 0. The predicted molar refractivity (Wildman–Crippen MR) is 81.1 cm³/mol. The first kappa shape index (κ1) is 16.5. The van der Waals surface area contributed by atoms with Crippen LogP contribution >= 0.6 is 0 Å². The van der Waals surface area contributed by atoms with Crippen LogP contribution in [0.4, 0.5) is 0 Å². The molecule has 1 heterocycles. The maximum Gasteiger partial charge on any atom is 0.225 e. The molecule has 1 fully saturated rings. The minimum Gasteiger partial charge on any atom is -0.342 e. The lowest BCUT2D eigenvalue weighted by Gasteiger charge is -2.49. The van der Waals surface area contributed by atoms with Gasteiger partial charge in [0.1, 0.15) is 0 Å². The van der Waals surface area contributed by atoms with E-state index in [1.807, 2.05) is 18.9 Å². The molecule has 0 spiro atoms. The molecule has 3 heteroatoms. The van der Waals surface area contributed by atoms with Crippen molar-refractivity contribution < 1.29 is 4.79 Å². The highest BCUT2D eigenvalue weighted by molar-refractivity contribution is 5.78. The van der Waals surface area contributed by atoms with Crippen molar-refractivity contribution in [1.82, 2.24) is 10.2 Å². The van der Waals surface area contributed by atoms with E-state index in [-0.39, 0.29) is 22.9 Å². The average Bonchev–Trinajstić information content (AvgIpc) is 2.21. The smallest absolute Gasteiger partial charge is 0.225 e. The van der Waals surface area contributed by atoms with Crippen LogP contribution in [0.2, 0.25) is 0 Å². The van der Waals surface area contributed by atoms with Gasteiger partial charge in [0.2, 0.25) is 5.91 Å². The summed E-state index contributed by atoms with van der Waals surface area (Å²) in [5.41, 5.74) is 0.171. The fraction of sp³-hybridized carbons (Fsp3) is 0.938. The molecule has 112 valence electrons. The van der Waals surface area contributed by atoms with Gasteiger partial charge in [-0.05, 0) is 46.5 Å². The lowest BCUT2D eigenvalue weighted by atomic mass is 9.78. The Labute approximate surface area is 119 Å². The molecule has 0 aromatic rings. The first-order valence-electron chi connectivity index (χ1n) is 7.51. The Morgan fingerprint density at radius 3 is 1.89 bits per heavy atom. The van der Waals surface area contributed by atoms with Gasteiger partial charge in [0.05, 0.1) is 0 Å². The Morgan fingerprint density at radius 1 is 1.11 bits per heavy atom. The molecule has 19 heavy (non-hydrogen) atoms. The van der Waals surface area contributed by atoms with Crippen LogP contribution in [-0.2, 0) is 4.79 Å². The molecular formula is C16H32N2O. The van der Waals surface area contributed by atoms with Crippen molar-refractivity contribution in [3.63, 3.8) is 0 Å². The number of hydrogen-bond acceptors (Lipinski definition) is 2. The van der Waals surface area contributed by atoms with Gasteiger partial charge in [-0.3, -0.25) is 4.79 Å². The Kier molecular flexibility index (Phi) is 4.71. The number of nitrogens with zero attached hydrogens (tertiary/aromatic N) is 1. The van der Waals surface area contributed by atoms with Gasteiger partial charge in [0.25, 0.3) is 0 Å². The van der Waals surface area contributed by atoms with E-state index >= 15 is 0 Å². The van der Waals surface area contributed by atoms with E-state index in [0.717, 1.165) is 12.8 Å². The molecule has 1 aliphatic rings. The van der Waals surface area contributed by atoms with Crippen molar-refractivity contribution in [2.24, 2.45) is 11.8 Å². The molecule has 1 saturated heterocycles. The molecule has 1 rings (SSSR count). The normalized spacial score (nSPS) is 24.3. The molecule has 1 atom stereocenters. The van der Waals surface area contributed by atoms with Gasteiger partial charge in [0, 0.05) is 30.1 Å². The van der Waals surface area contributed by atoms with Crippen LogP contribution in [0.25, 0.3) is 0 Å². The lowest BCUT2D eigenvalue weighted by Crippen LogP contribution is -2.62. The Bertz CT molecular complexity index is 318. The van der Waals surface area contributed by atoms with E-state index in [0.29, 0.717) is 12.0 Å². The van der Waals surface area contributed by atoms with E-state index < -0.39 is 0 Å². The van der Waals surface area contributed by atoms with Crippen LogP contribution in [0.5, 0.6) is 0 Å². The first-order valence-corrected chi connectivity index (χ1v) is 7.51. The summed E-state index contributed by atoms with van der Waals surface area (Å²) in [4.78, 5) is 14.5. The number of carbonyl (C=O) groups is 1. The van der Waals surface area contributed by atoms with Crippen molar-refractivity contribution in [2.45, 2.75) is 78.4 Å². The zero-order chi connectivity index (χ0) is 15.0. The van der Waals surface area contributed by atoms with Crippen LogP contribution in [0, 0.1) is 11.8 Å². The monoisotopic (exact) mass is 268 g/mol. The molecule has 0 radical (unpaired) electrons. The maximum atomic E-state index is 12.5. The molecule has 1 N–H and O–H groups in total. The molecule has 0 bridgehead atoms. The number of nitrogens with one attached hydrogen (secondary N) is 1. The maximum absolute atomic E-state index is 12.5. The Balaban J connectivity index is 2.81. The second-order valence-electron chi connectivity index (χ2n) is 7.94. The Hall–Kier alpha value is -0.570. The molecule has 1 aliphatic heterocycles. The minimum atomic E-state index is 0.0853. The molecule has 0 aromatic carbocycles. The van der Waals surface area contributed by atoms with Crippen molar-refractivity contribution in [3.8, 4) is 0 Å². The van der Waals surface area contributed by atoms with Crippen LogP contribution in [0.1, 0.15) is 61.3 Å². The zero-order valence-corrected chi connectivity index (χ0v) is 14.0. The van der Waals surface area contributed by atoms with Gasteiger partial charge in [-0.15, -0.1) is 0 Å². The summed E-state index contributed by atoms with van der Waals surface area (Å²) in [6, 6.07) is 0.333. The van der Waals surface area contributed by atoms with Gasteiger partial charge in [-0.1, -0.05) is 20.8 Å². The second-order valence-corrected chi connectivity index (χ2v) is 7.94. The first-order chi connectivity index (χ1) is 8.45. The largest absolute Gasteiger partial charge is 0.342 e. The number of carbonyl (C=O) groups excluding carboxylic acids is 1. The molecular weight excluding hydrogens is 236 g/mol. The fourth-order valence-electron chi connectivity index (χ4n) is 3.33. The predicted octanol–water partition coefficient (Wildman–Crippen LogP) is 3.05. The zero-order valence-electron chi connectivity index (χ0n) is 14.0. The quantitative estimate of drug-likeness (QED) is 0.853. The second kappa shape index (κ2) is 5.43. The van der Waals surface area contributed by atoms with E-state index in [4.69, 9.17) is 0 Å². The van der Waals surface area contributed by atoms with Gasteiger partial charge in [0.15, 0.2) is 0 Å². The van der Waals surface area contributed by atoms with Crippen molar-refractivity contribution in [1.29, 1.82) is 0 Å². The van der Waals surface area contributed by atoms with Crippen molar-refractivity contribution >= 4 is 5.91 Å².